The van der Waals surface area contributed by atoms with Crippen LogP contribution in [0.3, 0.4) is 0 Å². The summed E-state index contributed by atoms with van der Waals surface area (Å²) < 4.78 is 47.2. The third-order valence-corrected chi connectivity index (χ3v) is 3.56. The van der Waals surface area contributed by atoms with Crippen LogP contribution in [0.25, 0.3) is 0 Å². The Morgan fingerprint density at radius 1 is 1.07 bits per heavy atom. The minimum atomic E-state index is -4.80. The number of rotatable bonds is 8. The number of halogens is 4. The van der Waals surface area contributed by atoms with Gasteiger partial charge >= 0.3 is 6.36 Å². The molecule has 0 saturated carbocycles. The Kier molecular flexibility index (Phi) is 10.0. The molecule has 0 aliphatic carbocycles. The molecular weight excluding hydrogens is 500 g/mol. The normalized spacial score (nSPS) is 11.7. The van der Waals surface area contributed by atoms with Crippen molar-refractivity contribution in [3.63, 3.8) is 0 Å². The average Bonchev–Trinajstić information content (AvgIpc) is 2.61. The lowest BCUT2D eigenvalue weighted by atomic mass is 10.2. The number of aliphatic imine (C=N–C) groups is 1. The van der Waals surface area contributed by atoms with Gasteiger partial charge in [0, 0.05) is 12.1 Å². The van der Waals surface area contributed by atoms with Crippen molar-refractivity contribution < 1.29 is 22.6 Å². The van der Waals surface area contributed by atoms with Gasteiger partial charge in [-0.1, -0.05) is 30.3 Å². The molecule has 2 rings (SSSR count). The van der Waals surface area contributed by atoms with Gasteiger partial charge in [0.2, 0.25) is 0 Å². The second-order valence-corrected chi connectivity index (χ2v) is 6.13. The summed E-state index contributed by atoms with van der Waals surface area (Å²) >= 11 is 0. The Bertz CT molecular complexity index is 801. The second-order valence-electron chi connectivity index (χ2n) is 6.13. The van der Waals surface area contributed by atoms with E-state index in [0.717, 1.165) is 12.1 Å². The number of ether oxygens (including phenoxy) is 2. The number of likely N-dealkylation sites (N-methyl/N-ethyl adjacent to an activating group) is 1. The molecule has 0 unspecified atom stereocenters. The van der Waals surface area contributed by atoms with E-state index >= 15 is 0 Å². The molecule has 3 N–H and O–H groups in total. The summed E-state index contributed by atoms with van der Waals surface area (Å²) in [6.45, 7) is 1.49. The summed E-state index contributed by atoms with van der Waals surface area (Å²) in [6.07, 6.45) is -4.80. The summed E-state index contributed by atoms with van der Waals surface area (Å²) in [5.41, 5.74) is 6.71. The van der Waals surface area contributed by atoms with Crippen LogP contribution in [0, 0.1) is 0 Å². The molecule has 0 heterocycles. The van der Waals surface area contributed by atoms with E-state index < -0.39 is 6.36 Å². The molecule has 2 aromatic carbocycles. The Hall–Kier alpha value is -2.21. The zero-order chi connectivity index (χ0) is 20.6. The zero-order valence-corrected chi connectivity index (χ0v) is 18.4. The van der Waals surface area contributed by atoms with Crippen molar-refractivity contribution in [1.29, 1.82) is 0 Å². The highest BCUT2D eigenvalue weighted by atomic mass is 127. The highest BCUT2D eigenvalue weighted by molar-refractivity contribution is 14.0. The number of nitrogens with two attached hydrogens (primary N) is 1. The van der Waals surface area contributed by atoms with E-state index in [9.17, 15) is 13.2 Å². The Morgan fingerprint density at radius 2 is 1.69 bits per heavy atom. The third kappa shape index (κ3) is 9.22. The van der Waals surface area contributed by atoms with E-state index in [2.05, 4.69) is 15.0 Å². The van der Waals surface area contributed by atoms with E-state index in [-0.39, 0.29) is 47.9 Å². The van der Waals surface area contributed by atoms with Crippen LogP contribution in [0.15, 0.2) is 53.5 Å². The third-order valence-electron chi connectivity index (χ3n) is 3.56. The van der Waals surface area contributed by atoms with Gasteiger partial charge in [-0.3, -0.25) is 0 Å². The highest BCUT2D eigenvalue weighted by Crippen LogP contribution is 2.29. The Balaban J connectivity index is 0.00000420. The molecule has 160 valence electrons. The first-order valence-corrected chi connectivity index (χ1v) is 8.52. The van der Waals surface area contributed by atoms with Crippen molar-refractivity contribution in [3.8, 4) is 11.5 Å². The number of hydrogen-bond acceptors (Lipinski definition) is 4. The molecule has 6 nitrogen and oxygen atoms in total. The van der Waals surface area contributed by atoms with Crippen molar-refractivity contribution >= 4 is 35.6 Å². The predicted octanol–water partition coefficient (Wildman–Crippen LogP) is 4.07. The monoisotopic (exact) mass is 524 g/mol. The quantitative estimate of drug-likeness (QED) is 0.310. The predicted molar refractivity (Wildman–Crippen MR) is 118 cm³/mol. The molecule has 0 aromatic heterocycles. The van der Waals surface area contributed by atoms with Gasteiger partial charge in [0.15, 0.2) is 11.7 Å². The lowest BCUT2D eigenvalue weighted by Crippen LogP contribution is -2.24. The van der Waals surface area contributed by atoms with E-state index in [1.807, 2.05) is 43.3 Å². The van der Waals surface area contributed by atoms with Gasteiger partial charge in [0.05, 0.1) is 12.2 Å². The minimum absolute atomic E-state index is 0. The van der Waals surface area contributed by atoms with Crippen molar-refractivity contribution in [1.82, 2.24) is 4.90 Å². The summed E-state index contributed by atoms with van der Waals surface area (Å²) in [5, 5.41) is 2.64. The zero-order valence-electron chi connectivity index (χ0n) is 16.1. The van der Waals surface area contributed by atoms with Crippen LogP contribution in [0.5, 0.6) is 11.5 Å². The van der Waals surface area contributed by atoms with E-state index in [1.165, 1.54) is 18.2 Å². The summed E-state index contributed by atoms with van der Waals surface area (Å²) in [5.74, 6) is 0.253. The molecule has 0 atom stereocenters. The van der Waals surface area contributed by atoms with Crippen molar-refractivity contribution in [3.05, 3.63) is 54.1 Å². The van der Waals surface area contributed by atoms with Crippen molar-refractivity contribution in [2.75, 3.05) is 32.6 Å². The standard InChI is InChI=1S/C19H23F3N4O2.HI/c1-26(2)11-12-27-16-9-5-3-7-14(16)13-24-18(23)25-15-8-4-6-10-17(15)28-19(20,21)22;/h3-10H,11-13H2,1-2H3,(H3,23,24,25);1H. The van der Waals surface area contributed by atoms with Crippen LogP contribution in [-0.2, 0) is 6.54 Å². The fraction of sp³-hybridized carbons (Fsp3) is 0.316. The van der Waals surface area contributed by atoms with Gasteiger partial charge in [-0.05, 0) is 32.3 Å². The maximum absolute atomic E-state index is 12.5. The Morgan fingerprint density at radius 3 is 2.34 bits per heavy atom. The number of anilines is 1. The summed E-state index contributed by atoms with van der Waals surface area (Å²) in [4.78, 5) is 6.19. The van der Waals surface area contributed by atoms with E-state index in [1.54, 1.807) is 6.07 Å². The maximum atomic E-state index is 12.5. The van der Waals surface area contributed by atoms with Crippen LogP contribution in [0.2, 0.25) is 0 Å². The van der Waals surface area contributed by atoms with Crippen LogP contribution >= 0.6 is 24.0 Å². The molecule has 0 spiro atoms. The SMILES string of the molecule is CN(C)CCOc1ccccc1CN=C(N)Nc1ccccc1OC(F)(F)F.I. The van der Waals surface area contributed by atoms with Crippen LogP contribution in [0.1, 0.15) is 5.56 Å². The molecule has 0 saturated heterocycles. The van der Waals surface area contributed by atoms with E-state index in [0.29, 0.717) is 12.4 Å². The topological polar surface area (TPSA) is 72.1 Å². The number of para-hydroxylation sites is 3. The van der Waals surface area contributed by atoms with Gasteiger partial charge in [-0.2, -0.15) is 0 Å². The van der Waals surface area contributed by atoms with Crippen LogP contribution in [-0.4, -0.2) is 44.5 Å². The number of benzene rings is 2. The molecule has 0 fully saturated rings. The molecule has 0 radical (unpaired) electrons. The second kappa shape index (κ2) is 11.7. The number of hydrogen-bond donors (Lipinski definition) is 2. The van der Waals surface area contributed by atoms with Crippen LogP contribution < -0.4 is 20.5 Å². The van der Waals surface area contributed by atoms with Crippen molar-refractivity contribution in [2.45, 2.75) is 12.9 Å². The first-order chi connectivity index (χ1) is 13.2. The van der Waals surface area contributed by atoms with Crippen molar-refractivity contribution in [2.24, 2.45) is 10.7 Å². The molecule has 0 bridgehead atoms. The first kappa shape index (κ1) is 24.8. The number of nitrogens with one attached hydrogen (secondary N) is 1. The largest absolute Gasteiger partial charge is 0.573 e. The van der Waals surface area contributed by atoms with Crippen LogP contribution in [0.4, 0.5) is 18.9 Å². The fourth-order valence-electron chi connectivity index (χ4n) is 2.24. The molecule has 0 aliphatic rings. The number of guanidine groups is 1. The lowest BCUT2D eigenvalue weighted by molar-refractivity contribution is -0.274. The van der Waals surface area contributed by atoms with E-state index in [4.69, 9.17) is 10.5 Å². The molecule has 29 heavy (non-hydrogen) atoms. The maximum Gasteiger partial charge on any atom is 0.573 e. The summed E-state index contributed by atoms with van der Waals surface area (Å²) in [7, 11) is 3.90. The number of nitrogens with zero attached hydrogens (tertiary/aromatic N) is 2. The van der Waals surface area contributed by atoms with Gasteiger partial charge in [0.1, 0.15) is 12.4 Å². The molecule has 10 heteroatoms. The van der Waals surface area contributed by atoms with Gasteiger partial charge in [-0.15, -0.1) is 37.1 Å². The summed E-state index contributed by atoms with van der Waals surface area (Å²) in [6, 6.07) is 13.0. The fourth-order valence-corrected chi connectivity index (χ4v) is 2.24. The molecule has 0 aliphatic heterocycles. The molecule has 2 aromatic rings. The Labute approximate surface area is 184 Å². The van der Waals surface area contributed by atoms with Gasteiger partial charge in [-0.25, -0.2) is 4.99 Å². The molecular formula is C19H24F3IN4O2. The van der Waals surface area contributed by atoms with Gasteiger partial charge in [0.25, 0.3) is 0 Å². The smallest absolute Gasteiger partial charge is 0.492 e. The minimum Gasteiger partial charge on any atom is -0.492 e. The lowest BCUT2D eigenvalue weighted by Gasteiger charge is -2.15. The number of alkyl halides is 3. The molecule has 0 amide bonds. The van der Waals surface area contributed by atoms with Gasteiger partial charge < -0.3 is 25.4 Å². The highest BCUT2D eigenvalue weighted by Gasteiger charge is 2.32. The first-order valence-electron chi connectivity index (χ1n) is 8.52. The average molecular weight is 524 g/mol.